The minimum absolute atomic E-state index is 0.388. The molecular weight excluding hydrogens is 456 g/mol. The van der Waals surface area contributed by atoms with Crippen LogP contribution in [0.15, 0.2) is 54.6 Å². The molecule has 3 rings (SSSR count). The van der Waals surface area contributed by atoms with Crippen molar-refractivity contribution in [1.29, 1.82) is 0 Å². The number of benzene rings is 3. The SMILES string of the molecule is CCCCO[Si](CC)(OCCCC)OCCCC.O=C(O)c1c2ccccc2cc2ccccc12. The molecule has 5 nitrogen and oxygen atoms in total. The van der Waals surface area contributed by atoms with Gasteiger partial charge in [-0.1, -0.05) is 95.5 Å². The van der Waals surface area contributed by atoms with Gasteiger partial charge in [-0.05, 0) is 46.9 Å². The van der Waals surface area contributed by atoms with Crippen molar-refractivity contribution in [3.8, 4) is 0 Å². The maximum Gasteiger partial charge on any atom is 0.500 e. The summed E-state index contributed by atoms with van der Waals surface area (Å²) < 4.78 is 18.0. The third-order valence-corrected chi connectivity index (χ3v) is 8.68. The number of hydrogen-bond acceptors (Lipinski definition) is 4. The van der Waals surface area contributed by atoms with Crippen LogP contribution in [-0.2, 0) is 13.3 Å². The number of carboxylic acid groups (broad SMARTS) is 1. The van der Waals surface area contributed by atoms with Crippen LogP contribution in [0.2, 0.25) is 6.04 Å². The summed E-state index contributed by atoms with van der Waals surface area (Å²) in [5.41, 5.74) is 0.388. The number of hydrogen-bond donors (Lipinski definition) is 1. The monoisotopic (exact) mass is 498 g/mol. The lowest BCUT2D eigenvalue weighted by molar-refractivity contribution is 0.0574. The quantitative estimate of drug-likeness (QED) is 0.138. The Bertz CT molecular complexity index is 955. The molecule has 0 unspecified atom stereocenters. The lowest BCUT2D eigenvalue weighted by Crippen LogP contribution is -2.46. The first kappa shape index (κ1) is 29.0. The summed E-state index contributed by atoms with van der Waals surface area (Å²) in [4.78, 5) is 11.4. The van der Waals surface area contributed by atoms with Gasteiger partial charge in [0.15, 0.2) is 0 Å². The molecule has 0 aliphatic rings. The first-order valence-electron chi connectivity index (χ1n) is 13.1. The normalized spacial score (nSPS) is 11.4. The van der Waals surface area contributed by atoms with Crippen molar-refractivity contribution in [2.45, 2.75) is 72.3 Å². The molecule has 3 aromatic rings. The van der Waals surface area contributed by atoms with Gasteiger partial charge in [0.1, 0.15) is 0 Å². The second kappa shape index (κ2) is 15.7. The maximum atomic E-state index is 11.4. The Labute approximate surface area is 211 Å². The fourth-order valence-electron chi connectivity index (χ4n) is 3.79. The van der Waals surface area contributed by atoms with Crippen LogP contribution >= 0.6 is 0 Å². The minimum atomic E-state index is -2.38. The molecule has 0 saturated heterocycles. The number of carboxylic acids is 1. The van der Waals surface area contributed by atoms with Crippen LogP contribution in [0.1, 0.15) is 76.6 Å². The molecule has 0 bridgehead atoms. The standard InChI is InChI=1S/C15H10O2.C14H32O3Si/c16-15(17)14-12-7-3-1-5-10(12)9-11-6-2-4-8-13(11)14;1-5-9-12-15-18(8-4,16-13-10-6-2)17-14-11-7-3/h1-9H,(H,16,17);5-14H2,1-4H3. The predicted molar refractivity (Wildman–Crippen MR) is 147 cm³/mol. The lowest BCUT2D eigenvalue weighted by atomic mass is 9.97. The number of rotatable bonds is 14. The molecule has 0 aliphatic carbocycles. The average molecular weight is 499 g/mol. The summed E-state index contributed by atoms with van der Waals surface area (Å²) in [6, 6.07) is 18.1. The summed E-state index contributed by atoms with van der Waals surface area (Å²) in [5.74, 6) is -0.877. The second-order valence-electron chi connectivity index (χ2n) is 8.64. The van der Waals surface area contributed by atoms with Gasteiger partial charge in [-0.25, -0.2) is 4.79 Å². The largest absolute Gasteiger partial charge is 0.500 e. The van der Waals surface area contributed by atoms with Crippen molar-refractivity contribution < 1.29 is 23.2 Å². The Balaban J connectivity index is 0.000000247. The number of unbranched alkanes of at least 4 members (excludes halogenated alkanes) is 3. The van der Waals surface area contributed by atoms with Crippen molar-refractivity contribution in [2.75, 3.05) is 19.8 Å². The Morgan fingerprint density at radius 2 is 1.11 bits per heavy atom. The van der Waals surface area contributed by atoms with Gasteiger partial charge in [0.05, 0.1) is 5.56 Å². The van der Waals surface area contributed by atoms with Crippen molar-refractivity contribution in [2.24, 2.45) is 0 Å². The van der Waals surface area contributed by atoms with E-state index < -0.39 is 14.8 Å². The molecule has 0 saturated carbocycles. The van der Waals surface area contributed by atoms with Gasteiger partial charge < -0.3 is 18.4 Å². The summed E-state index contributed by atoms with van der Waals surface area (Å²) in [7, 11) is -2.38. The zero-order chi connectivity index (χ0) is 25.5. The molecule has 0 heterocycles. The third-order valence-electron chi connectivity index (χ3n) is 5.88. The first-order chi connectivity index (χ1) is 17.0. The molecule has 0 radical (unpaired) electrons. The molecule has 192 valence electrons. The molecular formula is C29H42O5Si. The lowest BCUT2D eigenvalue weighted by Gasteiger charge is -2.28. The van der Waals surface area contributed by atoms with E-state index in [2.05, 4.69) is 27.7 Å². The van der Waals surface area contributed by atoms with Crippen LogP contribution in [0.4, 0.5) is 0 Å². The van der Waals surface area contributed by atoms with Gasteiger partial charge in [-0.3, -0.25) is 0 Å². The van der Waals surface area contributed by atoms with Crippen LogP contribution < -0.4 is 0 Å². The fourth-order valence-corrected chi connectivity index (χ4v) is 6.02. The summed E-state index contributed by atoms with van der Waals surface area (Å²) in [6.07, 6.45) is 6.71. The van der Waals surface area contributed by atoms with E-state index in [1.165, 1.54) is 0 Å². The highest BCUT2D eigenvalue weighted by Crippen LogP contribution is 2.28. The van der Waals surface area contributed by atoms with Crippen LogP contribution in [0.5, 0.6) is 0 Å². The average Bonchev–Trinajstić information content (AvgIpc) is 2.87. The van der Waals surface area contributed by atoms with Crippen LogP contribution in [0.3, 0.4) is 0 Å². The molecule has 0 fully saturated rings. The molecule has 0 atom stereocenters. The Morgan fingerprint density at radius 3 is 1.46 bits per heavy atom. The van der Waals surface area contributed by atoms with Gasteiger partial charge in [-0.2, -0.15) is 0 Å². The van der Waals surface area contributed by atoms with E-state index in [0.29, 0.717) is 5.56 Å². The molecule has 0 aromatic heterocycles. The van der Waals surface area contributed by atoms with Gasteiger partial charge >= 0.3 is 14.8 Å². The second-order valence-corrected chi connectivity index (χ2v) is 11.6. The molecule has 3 aromatic carbocycles. The van der Waals surface area contributed by atoms with Crippen LogP contribution in [0.25, 0.3) is 21.5 Å². The predicted octanol–water partition coefficient (Wildman–Crippen LogP) is 8.09. The summed E-state index contributed by atoms with van der Waals surface area (Å²) >= 11 is 0. The molecule has 0 aliphatic heterocycles. The zero-order valence-electron chi connectivity index (χ0n) is 21.8. The van der Waals surface area contributed by atoms with E-state index in [-0.39, 0.29) is 0 Å². The first-order valence-corrected chi connectivity index (χ1v) is 15.0. The van der Waals surface area contributed by atoms with Crippen molar-refractivity contribution >= 4 is 36.3 Å². The Hall–Kier alpha value is -2.25. The van der Waals surface area contributed by atoms with E-state index in [1.807, 2.05) is 54.6 Å². The highest BCUT2D eigenvalue weighted by molar-refractivity contribution is 6.60. The Morgan fingerprint density at radius 1 is 0.714 bits per heavy atom. The molecule has 1 N–H and O–H groups in total. The number of aromatic carboxylic acids is 1. The number of fused-ring (bicyclic) bond motifs is 2. The number of carbonyl (C=O) groups is 1. The van der Waals surface area contributed by atoms with E-state index in [1.54, 1.807) is 0 Å². The van der Waals surface area contributed by atoms with E-state index >= 15 is 0 Å². The van der Waals surface area contributed by atoms with Gasteiger partial charge in [0, 0.05) is 25.9 Å². The summed E-state index contributed by atoms with van der Waals surface area (Å²) in [5, 5.41) is 12.9. The third kappa shape index (κ3) is 8.72. The van der Waals surface area contributed by atoms with E-state index in [4.69, 9.17) is 13.3 Å². The van der Waals surface area contributed by atoms with Crippen LogP contribution in [-0.4, -0.2) is 39.7 Å². The molecule has 0 amide bonds. The topological polar surface area (TPSA) is 65.0 Å². The van der Waals surface area contributed by atoms with E-state index in [9.17, 15) is 9.90 Å². The zero-order valence-corrected chi connectivity index (χ0v) is 22.8. The molecule has 0 spiro atoms. The van der Waals surface area contributed by atoms with Crippen molar-refractivity contribution in [3.05, 3.63) is 60.2 Å². The van der Waals surface area contributed by atoms with Gasteiger partial charge in [0.25, 0.3) is 0 Å². The van der Waals surface area contributed by atoms with E-state index in [0.717, 1.165) is 85.9 Å². The molecule has 6 heteroatoms. The van der Waals surface area contributed by atoms with Crippen molar-refractivity contribution in [1.82, 2.24) is 0 Å². The highest BCUT2D eigenvalue weighted by atomic mass is 28.4. The van der Waals surface area contributed by atoms with Crippen molar-refractivity contribution in [3.63, 3.8) is 0 Å². The van der Waals surface area contributed by atoms with Gasteiger partial charge in [0.2, 0.25) is 0 Å². The van der Waals surface area contributed by atoms with Crippen LogP contribution in [0, 0.1) is 0 Å². The minimum Gasteiger partial charge on any atom is -0.478 e. The smallest absolute Gasteiger partial charge is 0.478 e. The molecule has 35 heavy (non-hydrogen) atoms. The maximum absolute atomic E-state index is 11.4. The Kier molecular flexibility index (Phi) is 13.0. The fraction of sp³-hybridized carbons (Fsp3) is 0.483. The van der Waals surface area contributed by atoms with Gasteiger partial charge in [-0.15, -0.1) is 0 Å². The summed E-state index contributed by atoms with van der Waals surface area (Å²) in [6.45, 7) is 11.0. The highest BCUT2D eigenvalue weighted by Gasteiger charge is 2.38.